The van der Waals surface area contributed by atoms with E-state index in [2.05, 4.69) is 10.3 Å². The van der Waals surface area contributed by atoms with Gasteiger partial charge in [0.2, 0.25) is 11.8 Å². The van der Waals surface area contributed by atoms with Crippen molar-refractivity contribution in [2.45, 2.75) is 19.8 Å². The second kappa shape index (κ2) is 10.0. The van der Waals surface area contributed by atoms with E-state index in [9.17, 15) is 9.59 Å². The van der Waals surface area contributed by atoms with E-state index >= 15 is 0 Å². The molecule has 0 aliphatic carbocycles. The first-order valence-corrected chi connectivity index (χ1v) is 9.64. The highest BCUT2D eigenvalue weighted by atomic mass is 32.1. The molecule has 0 atom stereocenters. The molecule has 0 fully saturated rings. The highest BCUT2D eigenvalue weighted by molar-refractivity contribution is 7.13. The number of carbonyl (C=O) groups is 2. The molecule has 0 unspecified atom stereocenters. The van der Waals surface area contributed by atoms with Crippen molar-refractivity contribution in [1.29, 1.82) is 0 Å². The van der Waals surface area contributed by atoms with E-state index in [1.807, 2.05) is 56.7 Å². The summed E-state index contributed by atoms with van der Waals surface area (Å²) in [5, 5.41) is 5.23. The van der Waals surface area contributed by atoms with Crippen LogP contribution < -0.4 is 10.2 Å². The van der Waals surface area contributed by atoms with E-state index in [-0.39, 0.29) is 18.4 Å². The van der Waals surface area contributed by atoms with E-state index in [0.717, 1.165) is 17.8 Å². The number of benzene rings is 1. The molecular formula is C19H27N4O2S+. The van der Waals surface area contributed by atoms with Crippen molar-refractivity contribution in [3.8, 4) is 0 Å². The van der Waals surface area contributed by atoms with Crippen LogP contribution in [0.5, 0.6) is 0 Å². The monoisotopic (exact) mass is 375 g/mol. The summed E-state index contributed by atoms with van der Waals surface area (Å²) in [6.07, 6.45) is 1.08. The molecule has 1 aromatic heterocycles. The summed E-state index contributed by atoms with van der Waals surface area (Å²) >= 11 is 1.39. The molecule has 26 heavy (non-hydrogen) atoms. The maximum Gasteiger partial charge on any atom is 0.245 e. The van der Waals surface area contributed by atoms with Crippen molar-refractivity contribution >= 4 is 28.3 Å². The second-order valence-electron chi connectivity index (χ2n) is 6.60. The van der Waals surface area contributed by atoms with Crippen molar-refractivity contribution in [2.75, 3.05) is 39.0 Å². The van der Waals surface area contributed by atoms with Gasteiger partial charge >= 0.3 is 0 Å². The lowest BCUT2D eigenvalue weighted by Crippen LogP contribution is -3.06. The quantitative estimate of drug-likeness (QED) is 0.687. The van der Waals surface area contributed by atoms with E-state index in [0.29, 0.717) is 24.5 Å². The van der Waals surface area contributed by atoms with Crippen molar-refractivity contribution in [3.05, 3.63) is 47.0 Å². The molecular weight excluding hydrogens is 348 g/mol. The Labute approximate surface area is 158 Å². The molecule has 0 bridgehead atoms. The highest BCUT2D eigenvalue weighted by Crippen LogP contribution is 2.14. The fourth-order valence-electron chi connectivity index (χ4n) is 2.45. The van der Waals surface area contributed by atoms with Crippen LogP contribution in [0.1, 0.15) is 17.7 Å². The third-order valence-corrected chi connectivity index (χ3v) is 4.78. The van der Waals surface area contributed by atoms with Crippen LogP contribution in [0, 0.1) is 6.92 Å². The molecule has 0 radical (unpaired) electrons. The van der Waals surface area contributed by atoms with E-state index < -0.39 is 0 Å². The lowest BCUT2D eigenvalue weighted by molar-refractivity contribution is -0.857. The normalized spacial score (nSPS) is 10.8. The standard InChI is InChI=1S/C19H26N4O2S/c1-15-14-26-19(20-15)21-17(24)13-23(12-11-22(2)3)18(25)10-9-16-7-5-4-6-8-16/h4-8,14H,9-13H2,1-3H3,(H,20,21,24)/p+1. The Morgan fingerprint density at radius 3 is 2.58 bits per heavy atom. The van der Waals surface area contributed by atoms with Gasteiger partial charge in [-0.15, -0.1) is 11.3 Å². The average Bonchev–Trinajstić information content (AvgIpc) is 3.01. The number of hydrogen-bond acceptors (Lipinski definition) is 4. The summed E-state index contributed by atoms with van der Waals surface area (Å²) < 4.78 is 0. The minimum absolute atomic E-state index is 0.000530. The molecule has 2 rings (SSSR count). The van der Waals surface area contributed by atoms with Gasteiger partial charge in [0.1, 0.15) is 6.54 Å². The summed E-state index contributed by atoms with van der Waals surface area (Å²) in [5.74, 6) is -0.207. The number of aryl methyl sites for hydroxylation is 2. The number of quaternary nitrogens is 1. The Morgan fingerprint density at radius 1 is 1.23 bits per heavy atom. The molecule has 140 valence electrons. The molecule has 0 saturated carbocycles. The van der Waals surface area contributed by atoms with Crippen LogP contribution >= 0.6 is 11.3 Å². The number of rotatable bonds is 9. The van der Waals surface area contributed by atoms with Crippen molar-refractivity contribution < 1.29 is 14.5 Å². The topological polar surface area (TPSA) is 66.7 Å². The first kappa shape index (κ1) is 20.1. The molecule has 1 heterocycles. The van der Waals surface area contributed by atoms with Crippen molar-refractivity contribution in [3.63, 3.8) is 0 Å². The third kappa shape index (κ3) is 6.93. The second-order valence-corrected chi connectivity index (χ2v) is 7.46. The first-order valence-electron chi connectivity index (χ1n) is 8.76. The predicted octanol–water partition coefficient (Wildman–Crippen LogP) is 0.996. The molecule has 2 amide bonds. The zero-order valence-corrected chi connectivity index (χ0v) is 16.4. The van der Waals surface area contributed by atoms with Gasteiger partial charge in [0.25, 0.3) is 0 Å². The van der Waals surface area contributed by atoms with E-state index in [1.54, 1.807) is 4.90 Å². The van der Waals surface area contributed by atoms with Crippen LogP contribution in [0.25, 0.3) is 0 Å². The number of thiazole rings is 1. The first-order chi connectivity index (χ1) is 12.4. The molecule has 0 aliphatic heterocycles. The number of nitrogens with one attached hydrogen (secondary N) is 2. The molecule has 6 nitrogen and oxygen atoms in total. The van der Waals surface area contributed by atoms with Crippen LogP contribution in [0.15, 0.2) is 35.7 Å². The van der Waals surface area contributed by atoms with Crippen LogP contribution in [-0.4, -0.2) is 55.4 Å². The number of amides is 2. The molecule has 7 heteroatoms. The number of likely N-dealkylation sites (N-methyl/N-ethyl adjacent to an activating group) is 1. The van der Waals surface area contributed by atoms with Crippen LogP contribution in [-0.2, 0) is 16.0 Å². The summed E-state index contributed by atoms with van der Waals surface area (Å²) in [6, 6.07) is 9.92. The number of hydrogen-bond donors (Lipinski definition) is 2. The molecule has 2 N–H and O–H groups in total. The van der Waals surface area contributed by atoms with Gasteiger partial charge in [-0.3, -0.25) is 9.59 Å². The minimum atomic E-state index is -0.207. The summed E-state index contributed by atoms with van der Waals surface area (Å²) in [6.45, 7) is 3.28. The summed E-state index contributed by atoms with van der Waals surface area (Å²) in [5.41, 5.74) is 2.00. The Morgan fingerprint density at radius 2 is 1.96 bits per heavy atom. The zero-order chi connectivity index (χ0) is 18.9. The molecule has 0 saturated heterocycles. The van der Waals surface area contributed by atoms with Crippen LogP contribution in [0.2, 0.25) is 0 Å². The van der Waals surface area contributed by atoms with Gasteiger partial charge in [-0.2, -0.15) is 0 Å². The lowest BCUT2D eigenvalue weighted by atomic mass is 10.1. The highest BCUT2D eigenvalue weighted by Gasteiger charge is 2.18. The van der Waals surface area contributed by atoms with Crippen molar-refractivity contribution in [1.82, 2.24) is 9.88 Å². The Kier molecular flexibility index (Phi) is 7.74. The van der Waals surface area contributed by atoms with Gasteiger partial charge in [-0.25, -0.2) is 4.98 Å². The van der Waals surface area contributed by atoms with Gasteiger partial charge in [-0.05, 0) is 18.9 Å². The van der Waals surface area contributed by atoms with Gasteiger partial charge in [0.15, 0.2) is 5.13 Å². The zero-order valence-electron chi connectivity index (χ0n) is 15.6. The smallest absolute Gasteiger partial charge is 0.245 e. The van der Waals surface area contributed by atoms with Gasteiger partial charge < -0.3 is 15.1 Å². The predicted molar refractivity (Wildman–Crippen MR) is 105 cm³/mol. The van der Waals surface area contributed by atoms with Crippen LogP contribution in [0.4, 0.5) is 5.13 Å². The maximum absolute atomic E-state index is 12.6. The van der Waals surface area contributed by atoms with Crippen LogP contribution in [0.3, 0.4) is 0 Å². The van der Waals surface area contributed by atoms with Gasteiger partial charge in [0.05, 0.1) is 32.9 Å². The third-order valence-electron chi connectivity index (χ3n) is 3.90. The number of nitrogens with zero attached hydrogens (tertiary/aromatic N) is 2. The van der Waals surface area contributed by atoms with E-state index in [1.165, 1.54) is 16.2 Å². The minimum Gasteiger partial charge on any atom is -0.338 e. The molecule has 2 aromatic rings. The summed E-state index contributed by atoms with van der Waals surface area (Å²) in [4.78, 5) is 32.1. The molecule has 0 aliphatic rings. The largest absolute Gasteiger partial charge is 0.338 e. The fourth-order valence-corrected chi connectivity index (χ4v) is 3.15. The Balaban J connectivity index is 1.92. The van der Waals surface area contributed by atoms with Crippen molar-refractivity contribution in [2.24, 2.45) is 0 Å². The van der Waals surface area contributed by atoms with E-state index in [4.69, 9.17) is 0 Å². The summed E-state index contributed by atoms with van der Waals surface area (Å²) in [7, 11) is 4.07. The molecule has 0 spiro atoms. The number of anilines is 1. The lowest BCUT2D eigenvalue weighted by Gasteiger charge is -2.22. The van der Waals surface area contributed by atoms with Gasteiger partial charge in [-0.1, -0.05) is 30.3 Å². The fraction of sp³-hybridized carbons (Fsp3) is 0.421. The Bertz CT molecular complexity index is 715. The number of carbonyl (C=O) groups excluding carboxylic acids is 2. The average molecular weight is 376 g/mol. The SMILES string of the molecule is Cc1csc(NC(=O)CN(CC[NH+](C)C)C(=O)CCc2ccccc2)n1. The van der Waals surface area contributed by atoms with Gasteiger partial charge in [0, 0.05) is 11.8 Å². The maximum atomic E-state index is 12.6. The molecule has 1 aromatic carbocycles. The number of aromatic nitrogens is 1. The Hall–Kier alpha value is -2.25.